The zero-order chi connectivity index (χ0) is 20.4. The summed E-state index contributed by atoms with van der Waals surface area (Å²) in [5.74, 6) is 0.0578. The number of rotatable bonds is 5. The molecule has 0 aliphatic rings. The molecule has 0 saturated carbocycles. The number of aromatic nitrogens is 1. The molecular formula is C22H16ClN3O3. The van der Waals surface area contributed by atoms with E-state index in [4.69, 9.17) is 11.6 Å². The average Bonchev–Trinajstić information content (AvgIpc) is 2.74. The summed E-state index contributed by atoms with van der Waals surface area (Å²) >= 11 is 6.45. The van der Waals surface area contributed by atoms with Crippen molar-refractivity contribution in [3.63, 3.8) is 0 Å². The maximum Gasteiger partial charge on any atom is 0.269 e. The normalized spacial score (nSPS) is 11.9. The first-order valence-corrected chi connectivity index (χ1v) is 9.24. The van der Waals surface area contributed by atoms with Crippen molar-refractivity contribution in [3.05, 3.63) is 105 Å². The minimum atomic E-state index is -0.489. The zero-order valence-corrected chi connectivity index (χ0v) is 15.9. The summed E-state index contributed by atoms with van der Waals surface area (Å²) in [4.78, 5) is 14.8. The van der Waals surface area contributed by atoms with E-state index in [2.05, 4.69) is 10.3 Å². The van der Waals surface area contributed by atoms with Crippen molar-refractivity contribution < 1.29 is 10.0 Å². The van der Waals surface area contributed by atoms with Gasteiger partial charge in [0.15, 0.2) is 0 Å². The number of nitrogens with zero attached hydrogens (tertiary/aromatic N) is 2. The number of aromatic hydroxyl groups is 1. The maximum atomic E-state index is 10.9. The van der Waals surface area contributed by atoms with E-state index in [0.29, 0.717) is 21.8 Å². The van der Waals surface area contributed by atoms with Crippen molar-refractivity contribution in [2.75, 3.05) is 5.32 Å². The van der Waals surface area contributed by atoms with Crippen molar-refractivity contribution in [1.82, 2.24) is 4.98 Å². The second-order valence-corrected chi connectivity index (χ2v) is 6.89. The Bertz CT molecular complexity index is 1200. The molecule has 6 nitrogen and oxygen atoms in total. The summed E-state index contributed by atoms with van der Waals surface area (Å²) in [5, 5.41) is 26.5. The fourth-order valence-electron chi connectivity index (χ4n) is 3.26. The molecule has 7 heteroatoms. The van der Waals surface area contributed by atoms with Gasteiger partial charge in [-0.1, -0.05) is 48.0 Å². The van der Waals surface area contributed by atoms with Crippen molar-refractivity contribution in [2.24, 2.45) is 0 Å². The number of nitrogens with one attached hydrogen (secondary N) is 1. The first kappa shape index (κ1) is 18.7. The lowest BCUT2D eigenvalue weighted by molar-refractivity contribution is -0.384. The lowest BCUT2D eigenvalue weighted by Crippen LogP contribution is -2.13. The van der Waals surface area contributed by atoms with Crippen LogP contribution in [0, 0.1) is 10.1 Å². The van der Waals surface area contributed by atoms with Crippen molar-refractivity contribution in [2.45, 2.75) is 6.04 Å². The SMILES string of the molecule is O=[N+]([O-])c1ccc(NC(c2ccccc2Cl)c2ccc3cccnc3c2O)cc1. The lowest BCUT2D eigenvalue weighted by atomic mass is 9.96. The van der Waals surface area contributed by atoms with Gasteiger partial charge in [-0.2, -0.15) is 0 Å². The Hall–Kier alpha value is -3.64. The number of anilines is 1. The monoisotopic (exact) mass is 405 g/mol. The molecule has 0 aliphatic carbocycles. The second-order valence-electron chi connectivity index (χ2n) is 6.48. The van der Waals surface area contributed by atoms with E-state index < -0.39 is 11.0 Å². The van der Waals surface area contributed by atoms with E-state index in [1.54, 1.807) is 24.4 Å². The molecule has 0 aliphatic heterocycles. The van der Waals surface area contributed by atoms with Crippen molar-refractivity contribution >= 4 is 33.9 Å². The van der Waals surface area contributed by atoms with E-state index in [9.17, 15) is 15.2 Å². The Kier molecular flexibility index (Phi) is 5.01. The average molecular weight is 406 g/mol. The van der Waals surface area contributed by atoms with Crippen molar-refractivity contribution in [3.8, 4) is 5.75 Å². The Labute approximate surface area is 171 Å². The van der Waals surface area contributed by atoms with E-state index in [1.165, 1.54) is 12.1 Å². The maximum absolute atomic E-state index is 10.9. The highest BCUT2D eigenvalue weighted by Gasteiger charge is 2.22. The summed E-state index contributed by atoms with van der Waals surface area (Å²) in [6, 6.07) is 20.3. The van der Waals surface area contributed by atoms with Gasteiger partial charge >= 0.3 is 0 Å². The highest BCUT2D eigenvalue weighted by atomic mass is 35.5. The van der Waals surface area contributed by atoms with Gasteiger partial charge in [-0.15, -0.1) is 0 Å². The van der Waals surface area contributed by atoms with Crippen LogP contribution in [0.4, 0.5) is 11.4 Å². The smallest absolute Gasteiger partial charge is 0.269 e. The molecule has 4 rings (SSSR count). The molecule has 3 aromatic carbocycles. The van der Waals surface area contributed by atoms with E-state index >= 15 is 0 Å². The predicted molar refractivity (Wildman–Crippen MR) is 113 cm³/mol. The standard InChI is InChI=1S/C22H16ClN3O3/c23-19-6-2-1-5-17(19)21(25-15-8-10-16(11-9-15)26(28)29)18-12-7-14-4-3-13-24-20(14)22(18)27/h1-13,21,25,27H. The Balaban J connectivity index is 1.82. The highest BCUT2D eigenvalue weighted by Crippen LogP contribution is 2.38. The van der Waals surface area contributed by atoms with Gasteiger partial charge in [-0.3, -0.25) is 15.1 Å². The van der Waals surface area contributed by atoms with Crippen LogP contribution in [0.1, 0.15) is 17.2 Å². The van der Waals surface area contributed by atoms with E-state index in [1.807, 2.05) is 42.5 Å². The second kappa shape index (κ2) is 7.77. The van der Waals surface area contributed by atoms with Crippen LogP contribution < -0.4 is 5.32 Å². The predicted octanol–water partition coefficient (Wildman–Crippen LogP) is 5.70. The first-order valence-electron chi connectivity index (χ1n) is 8.86. The van der Waals surface area contributed by atoms with Crippen LogP contribution in [-0.2, 0) is 0 Å². The molecular weight excluding hydrogens is 390 g/mol. The van der Waals surface area contributed by atoms with Gasteiger partial charge in [-0.05, 0) is 29.8 Å². The van der Waals surface area contributed by atoms with Gasteiger partial charge in [0.05, 0.1) is 11.0 Å². The van der Waals surface area contributed by atoms with Gasteiger partial charge < -0.3 is 10.4 Å². The molecule has 0 radical (unpaired) electrons. The number of benzene rings is 3. The number of hydrogen-bond donors (Lipinski definition) is 2. The van der Waals surface area contributed by atoms with Gasteiger partial charge in [0.25, 0.3) is 5.69 Å². The summed E-state index contributed by atoms with van der Waals surface area (Å²) in [5.41, 5.74) is 2.51. The summed E-state index contributed by atoms with van der Waals surface area (Å²) in [6.45, 7) is 0. The van der Waals surface area contributed by atoms with Gasteiger partial charge in [-0.25, -0.2) is 0 Å². The number of phenolic OH excluding ortho intramolecular Hbond substituents is 1. The number of nitro groups is 1. The lowest BCUT2D eigenvalue weighted by Gasteiger charge is -2.23. The third-order valence-electron chi connectivity index (χ3n) is 4.70. The van der Waals surface area contributed by atoms with E-state index in [-0.39, 0.29) is 11.4 Å². The Morgan fingerprint density at radius 2 is 1.72 bits per heavy atom. The molecule has 0 saturated heterocycles. The largest absolute Gasteiger partial charge is 0.505 e. The third-order valence-corrected chi connectivity index (χ3v) is 5.04. The van der Waals surface area contributed by atoms with Gasteiger partial charge in [0.1, 0.15) is 11.3 Å². The fraction of sp³-hybridized carbons (Fsp3) is 0.0455. The molecule has 2 N–H and O–H groups in total. The van der Waals surface area contributed by atoms with Crippen molar-refractivity contribution in [1.29, 1.82) is 0 Å². The van der Waals surface area contributed by atoms with Gasteiger partial charge in [0, 0.05) is 40.0 Å². The van der Waals surface area contributed by atoms with Crippen LogP contribution in [-0.4, -0.2) is 15.0 Å². The number of nitro benzene ring substituents is 1. The molecule has 1 heterocycles. The minimum absolute atomic E-state index is 0.00240. The van der Waals surface area contributed by atoms with Crippen LogP contribution in [0.5, 0.6) is 5.75 Å². The number of halogens is 1. The number of non-ortho nitro benzene ring substituents is 1. The fourth-order valence-corrected chi connectivity index (χ4v) is 3.50. The zero-order valence-electron chi connectivity index (χ0n) is 15.1. The molecule has 0 fully saturated rings. The number of pyridine rings is 1. The molecule has 0 spiro atoms. The first-order chi connectivity index (χ1) is 14.0. The van der Waals surface area contributed by atoms with Crippen LogP contribution in [0.25, 0.3) is 10.9 Å². The quantitative estimate of drug-likeness (QED) is 0.328. The third kappa shape index (κ3) is 3.70. The van der Waals surface area contributed by atoms with Crippen LogP contribution in [0.2, 0.25) is 5.02 Å². The molecule has 144 valence electrons. The number of hydrogen-bond acceptors (Lipinski definition) is 5. The topological polar surface area (TPSA) is 88.3 Å². The number of fused-ring (bicyclic) bond motifs is 1. The van der Waals surface area contributed by atoms with Gasteiger partial charge in [0.2, 0.25) is 0 Å². The van der Waals surface area contributed by atoms with Crippen LogP contribution >= 0.6 is 11.6 Å². The molecule has 1 aromatic heterocycles. The van der Waals surface area contributed by atoms with Crippen LogP contribution in [0.3, 0.4) is 0 Å². The molecule has 4 aromatic rings. The molecule has 1 unspecified atom stereocenters. The molecule has 0 amide bonds. The van der Waals surface area contributed by atoms with E-state index in [0.717, 1.165) is 10.9 Å². The summed E-state index contributed by atoms with van der Waals surface area (Å²) < 4.78 is 0. The minimum Gasteiger partial charge on any atom is -0.505 e. The van der Waals surface area contributed by atoms with Crippen LogP contribution in [0.15, 0.2) is 79.0 Å². The molecule has 29 heavy (non-hydrogen) atoms. The Morgan fingerprint density at radius 3 is 2.45 bits per heavy atom. The molecule has 0 bridgehead atoms. The molecule has 1 atom stereocenters. The highest BCUT2D eigenvalue weighted by molar-refractivity contribution is 6.31. The summed E-state index contributed by atoms with van der Waals surface area (Å²) in [7, 11) is 0. The Morgan fingerprint density at radius 1 is 0.966 bits per heavy atom. The number of phenols is 1. The summed E-state index contributed by atoms with van der Waals surface area (Å²) in [6.07, 6.45) is 1.63.